The highest BCUT2D eigenvalue weighted by atomic mass is 16.7. The maximum Gasteiger partial charge on any atom is 0.187 e. The summed E-state index contributed by atoms with van der Waals surface area (Å²) in [5, 5.41) is 152. The summed E-state index contributed by atoms with van der Waals surface area (Å²) in [4.78, 5) is 0. The van der Waals surface area contributed by atoms with E-state index in [9.17, 15) is 71.5 Å². The van der Waals surface area contributed by atoms with E-state index >= 15 is 0 Å². The van der Waals surface area contributed by atoms with Gasteiger partial charge in [0.15, 0.2) is 25.2 Å². The monoisotopic (exact) mass is 1090 g/mol. The lowest BCUT2D eigenvalue weighted by Crippen LogP contribution is -2.67. The van der Waals surface area contributed by atoms with Crippen LogP contribution in [0, 0.1) is 45.3 Å². The molecule has 76 heavy (non-hydrogen) atoms. The van der Waals surface area contributed by atoms with Gasteiger partial charge in [0.05, 0.1) is 43.7 Å². The number of ether oxygens (including phenoxy) is 8. The standard InChI is InChI=1S/C54H92O22/c1-23(2)11-10-15-54(9,76-49-45(68)41(64)37(60)29(74-49)22-70-47-43(66)39(62)35(58)27(20-55)72-47)25-12-17-53(8)33(25)26(56)19-31-51(6)16-14-32(50(4,5)30(51)13-18-52(31,53)7)75-48-44(67)40(63)36(59)28(73-48)21-69-46-42(65)38(61)34(57)24(3)71-46/h11,24-49,55-68H,10,12-22H2,1-9H3. The van der Waals surface area contributed by atoms with Gasteiger partial charge in [0, 0.05) is 0 Å². The summed E-state index contributed by atoms with van der Waals surface area (Å²) in [5.74, 6) is -0.339. The molecule has 4 heterocycles. The highest BCUT2D eigenvalue weighted by Gasteiger charge is 2.72. The van der Waals surface area contributed by atoms with Crippen molar-refractivity contribution in [2.45, 2.75) is 261 Å². The number of hydrogen-bond acceptors (Lipinski definition) is 22. The van der Waals surface area contributed by atoms with Crippen LogP contribution < -0.4 is 0 Å². The quantitative estimate of drug-likeness (QED) is 0.0678. The van der Waals surface area contributed by atoms with Crippen molar-refractivity contribution in [3.8, 4) is 0 Å². The summed E-state index contributed by atoms with van der Waals surface area (Å²) < 4.78 is 48.4. The fraction of sp³-hybridized carbons (Fsp3) is 0.963. The molecule has 30 atom stereocenters. The van der Waals surface area contributed by atoms with E-state index in [1.807, 2.05) is 20.8 Å². The molecule has 440 valence electrons. The predicted molar refractivity (Wildman–Crippen MR) is 265 cm³/mol. The summed E-state index contributed by atoms with van der Waals surface area (Å²) in [5.41, 5.74) is -1.39. The molecule has 0 amide bonds. The summed E-state index contributed by atoms with van der Waals surface area (Å²) in [7, 11) is 0. The second-order valence-corrected chi connectivity index (χ2v) is 25.8. The molecule has 0 radical (unpaired) electrons. The van der Waals surface area contributed by atoms with E-state index in [0.29, 0.717) is 32.1 Å². The summed E-state index contributed by atoms with van der Waals surface area (Å²) in [6.45, 7) is 17.2. The molecule has 30 unspecified atom stereocenters. The Morgan fingerprint density at radius 1 is 0.566 bits per heavy atom. The van der Waals surface area contributed by atoms with Gasteiger partial charge >= 0.3 is 0 Å². The minimum Gasteiger partial charge on any atom is -0.394 e. The molecule has 8 rings (SSSR count). The van der Waals surface area contributed by atoms with E-state index in [-0.39, 0.29) is 34.5 Å². The molecular weight excluding hydrogens is 1000 g/mol. The Hall–Kier alpha value is -1.14. The van der Waals surface area contributed by atoms with E-state index < -0.39 is 171 Å². The van der Waals surface area contributed by atoms with Crippen molar-refractivity contribution in [2.75, 3.05) is 19.8 Å². The lowest BCUT2D eigenvalue weighted by molar-refractivity contribution is -0.350. The van der Waals surface area contributed by atoms with Gasteiger partial charge in [-0.2, -0.15) is 0 Å². The lowest BCUT2D eigenvalue weighted by Gasteiger charge is -2.71. The van der Waals surface area contributed by atoms with Crippen molar-refractivity contribution < 1.29 is 109 Å². The first kappa shape index (κ1) is 60.9. The fourth-order valence-electron chi connectivity index (χ4n) is 16.1. The normalized spacial score (nSPS) is 53.2. The maximum absolute atomic E-state index is 12.8. The first-order valence-corrected chi connectivity index (χ1v) is 27.7. The summed E-state index contributed by atoms with van der Waals surface area (Å²) in [6.07, 6.45) is -23.1. The van der Waals surface area contributed by atoms with Gasteiger partial charge in [-0.15, -0.1) is 0 Å². The minimum absolute atomic E-state index is 0.0751. The average Bonchev–Trinajstić information content (AvgIpc) is 3.78. The second kappa shape index (κ2) is 22.9. The van der Waals surface area contributed by atoms with Gasteiger partial charge in [0.2, 0.25) is 0 Å². The molecule has 22 nitrogen and oxygen atoms in total. The molecule has 0 aromatic heterocycles. The topological polar surface area (TPSA) is 357 Å². The van der Waals surface area contributed by atoms with Crippen LogP contribution in [0.1, 0.15) is 120 Å². The molecule has 14 N–H and O–H groups in total. The summed E-state index contributed by atoms with van der Waals surface area (Å²) >= 11 is 0. The molecule has 0 aromatic rings. The number of aliphatic hydroxyl groups excluding tert-OH is 14. The zero-order chi connectivity index (χ0) is 55.9. The third-order valence-corrected chi connectivity index (χ3v) is 20.8. The highest BCUT2D eigenvalue weighted by molar-refractivity contribution is 5.20. The molecule has 4 saturated carbocycles. The molecule has 0 aromatic carbocycles. The van der Waals surface area contributed by atoms with Gasteiger partial charge in [-0.25, -0.2) is 0 Å². The fourth-order valence-corrected chi connectivity index (χ4v) is 16.1. The Labute approximate surface area is 445 Å². The Morgan fingerprint density at radius 2 is 1.07 bits per heavy atom. The largest absolute Gasteiger partial charge is 0.394 e. The Bertz CT molecular complexity index is 1980. The molecule has 0 bridgehead atoms. The van der Waals surface area contributed by atoms with Crippen molar-refractivity contribution in [3.63, 3.8) is 0 Å². The number of allylic oxidation sites excluding steroid dienone is 2. The first-order chi connectivity index (χ1) is 35.5. The van der Waals surface area contributed by atoms with E-state index in [0.717, 1.165) is 31.3 Å². The van der Waals surface area contributed by atoms with E-state index in [2.05, 4.69) is 40.7 Å². The Morgan fingerprint density at radius 3 is 1.64 bits per heavy atom. The van der Waals surface area contributed by atoms with Gasteiger partial charge in [0.1, 0.15) is 91.6 Å². The third kappa shape index (κ3) is 10.7. The van der Waals surface area contributed by atoms with Gasteiger partial charge in [-0.1, -0.05) is 46.3 Å². The van der Waals surface area contributed by atoms with Gasteiger partial charge in [0.25, 0.3) is 0 Å². The smallest absolute Gasteiger partial charge is 0.187 e. The zero-order valence-electron chi connectivity index (χ0n) is 45.6. The van der Waals surface area contributed by atoms with Crippen LogP contribution in [-0.2, 0) is 37.9 Å². The molecule has 8 aliphatic rings. The highest BCUT2D eigenvalue weighted by Crippen LogP contribution is 2.76. The number of hydrogen-bond donors (Lipinski definition) is 14. The van der Waals surface area contributed by atoms with Crippen molar-refractivity contribution in [1.29, 1.82) is 0 Å². The molecule has 22 heteroatoms. The van der Waals surface area contributed by atoms with E-state index in [4.69, 9.17) is 37.9 Å². The Kier molecular flexibility index (Phi) is 18.4. The van der Waals surface area contributed by atoms with E-state index in [1.54, 1.807) is 0 Å². The molecule has 4 aliphatic carbocycles. The lowest BCUT2D eigenvalue weighted by atomic mass is 9.35. The van der Waals surface area contributed by atoms with Gasteiger partial charge < -0.3 is 109 Å². The van der Waals surface area contributed by atoms with Crippen LogP contribution in [0.25, 0.3) is 0 Å². The van der Waals surface area contributed by atoms with Crippen LogP contribution in [0.15, 0.2) is 11.6 Å². The van der Waals surface area contributed by atoms with Gasteiger partial charge in [-0.05, 0) is 131 Å². The molecule has 4 saturated heterocycles. The van der Waals surface area contributed by atoms with Crippen molar-refractivity contribution in [2.24, 2.45) is 45.3 Å². The minimum atomic E-state index is -1.75. The van der Waals surface area contributed by atoms with Crippen LogP contribution in [0.4, 0.5) is 0 Å². The average molecular weight is 1090 g/mol. The van der Waals surface area contributed by atoms with Crippen LogP contribution in [-0.4, -0.2) is 232 Å². The number of aliphatic hydroxyl groups is 14. The van der Waals surface area contributed by atoms with Crippen LogP contribution >= 0.6 is 0 Å². The SMILES string of the molecule is CC(C)=CCCC(C)(OC1OC(COC2OC(CO)C(O)C(O)C2O)C(O)C(O)C1O)C1CCC2(C)C1C(O)CC1C3(C)CCC(OC4OC(COC5OC(C)C(O)C(O)C5O)C(O)C(O)C4O)C(C)(C)C3CCC12C. The number of fused-ring (bicyclic) bond motifs is 5. The first-order valence-electron chi connectivity index (χ1n) is 27.7. The summed E-state index contributed by atoms with van der Waals surface area (Å²) in [6, 6.07) is 0. The third-order valence-electron chi connectivity index (χ3n) is 20.8. The number of rotatable bonds is 15. The van der Waals surface area contributed by atoms with Crippen molar-refractivity contribution in [1.82, 2.24) is 0 Å². The van der Waals surface area contributed by atoms with E-state index in [1.165, 1.54) is 6.92 Å². The molecular formula is C54H92O22. The van der Waals surface area contributed by atoms with Crippen LogP contribution in [0.5, 0.6) is 0 Å². The van der Waals surface area contributed by atoms with Crippen LogP contribution in [0.3, 0.4) is 0 Å². The molecule has 8 fully saturated rings. The van der Waals surface area contributed by atoms with Crippen LogP contribution in [0.2, 0.25) is 0 Å². The zero-order valence-corrected chi connectivity index (χ0v) is 45.6. The molecule has 4 aliphatic heterocycles. The Balaban J connectivity index is 0.975. The van der Waals surface area contributed by atoms with Gasteiger partial charge in [-0.3, -0.25) is 0 Å². The maximum atomic E-state index is 12.8. The predicted octanol–water partition coefficient (Wildman–Crippen LogP) is -1.17. The second-order valence-electron chi connectivity index (χ2n) is 25.8. The molecule has 0 spiro atoms. The van der Waals surface area contributed by atoms with Crippen molar-refractivity contribution >= 4 is 0 Å². The van der Waals surface area contributed by atoms with Crippen molar-refractivity contribution in [3.05, 3.63) is 11.6 Å².